The fraction of sp³-hybridized carbons (Fsp3) is 0.556. The van der Waals surface area contributed by atoms with E-state index in [0.717, 1.165) is 18.8 Å². The first-order valence-electron chi connectivity index (χ1n) is 7.74. The van der Waals surface area contributed by atoms with Gasteiger partial charge in [-0.3, -0.25) is 0 Å². The van der Waals surface area contributed by atoms with E-state index in [0.29, 0.717) is 23.6 Å². The lowest BCUT2D eigenvalue weighted by Crippen LogP contribution is -2.23. The highest BCUT2D eigenvalue weighted by Crippen LogP contribution is 2.29. The molecule has 0 spiro atoms. The molecule has 0 heterocycles. The van der Waals surface area contributed by atoms with E-state index in [1.54, 1.807) is 12.1 Å². The molecule has 0 atom stereocenters. The zero-order valence-electron chi connectivity index (χ0n) is 12.5. The van der Waals surface area contributed by atoms with Gasteiger partial charge in [0, 0.05) is 18.4 Å². The van der Waals surface area contributed by atoms with Crippen molar-refractivity contribution < 1.29 is 9.13 Å². The average Bonchev–Trinajstić information content (AvgIpc) is 2.50. The molecule has 2 rings (SSSR count). The molecule has 1 saturated carbocycles. The fourth-order valence-electron chi connectivity index (χ4n) is 2.73. The highest BCUT2D eigenvalue weighted by Gasteiger charge is 2.21. The number of benzene rings is 1. The largest absolute Gasteiger partial charge is 0.490 e. The summed E-state index contributed by atoms with van der Waals surface area (Å²) in [5.74, 6) is 7.22. The van der Waals surface area contributed by atoms with Gasteiger partial charge in [0.15, 0.2) is 0 Å². The van der Waals surface area contributed by atoms with Crippen LogP contribution in [-0.2, 0) is 0 Å². The maximum absolute atomic E-state index is 13.9. The van der Waals surface area contributed by atoms with Gasteiger partial charge in [-0.05, 0) is 43.7 Å². The zero-order valence-corrected chi connectivity index (χ0v) is 13.3. The number of hydrogen-bond donors (Lipinski definition) is 0. The van der Waals surface area contributed by atoms with E-state index in [-0.39, 0.29) is 11.9 Å². The first-order chi connectivity index (χ1) is 10.2. The van der Waals surface area contributed by atoms with E-state index in [1.165, 1.54) is 25.3 Å². The van der Waals surface area contributed by atoms with Gasteiger partial charge in [-0.2, -0.15) is 0 Å². The van der Waals surface area contributed by atoms with Crippen LogP contribution in [-0.4, -0.2) is 12.0 Å². The monoisotopic (exact) mass is 308 g/mol. The van der Waals surface area contributed by atoms with E-state index in [2.05, 4.69) is 18.8 Å². The molecular formula is C18H22ClFO. The lowest BCUT2D eigenvalue weighted by atomic mass is 9.86. The molecule has 1 aliphatic rings. The van der Waals surface area contributed by atoms with Gasteiger partial charge >= 0.3 is 0 Å². The van der Waals surface area contributed by atoms with Crippen molar-refractivity contribution in [3.63, 3.8) is 0 Å². The summed E-state index contributed by atoms with van der Waals surface area (Å²) in [6.07, 6.45) is 6.60. The molecule has 1 aromatic rings. The Hall–Kier alpha value is -1.20. The van der Waals surface area contributed by atoms with Crippen LogP contribution in [0.1, 0.15) is 51.0 Å². The summed E-state index contributed by atoms with van der Waals surface area (Å²) in [6.45, 7) is 2.24. The maximum atomic E-state index is 13.9. The number of ether oxygens (including phenoxy) is 1. The minimum absolute atomic E-state index is 0.223. The Morgan fingerprint density at radius 1 is 1.29 bits per heavy atom. The highest BCUT2D eigenvalue weighted by molar-refractivity contribution is 6.18. The predicted molar refractivity (Wildman–Crippen MR) is 85.3 cm³/mol. The summed E-state index contributed by atoms with van der Waals surface area (Å²) in [4.78, 5) is 0. The van der Waals surface area contributed by atoms with Crippen LogP contribution in [0.3, 0.4) is 0 Å². The normalized spacial score (nSPS) is 21.5. The van der Waals surface area contributed by atoms with E-state index >= 15 is 0 Å². The van der Waals surface area contributed by atoms with E-state index in [4.69, 9.17) is 16.3 Å². The van der Waals surface area contributed by atoms with E-state index in [9.17, 15) is 4.39 Å². The Morgan fingerprint density at radius 3 is 2.67 bits per heavy atom. The van der Waals surface area contributed by atoms with Gasteiger partial charge in [0.05, 0.1) is 11.7 Å². The van der Waals surface area contributed by atoms with Crippen molar-refractivity contribution in [2.24, 2.45) is 5.92 Å². The minimum Gasteiger partial charge on any atom is -0.490 e. The first-order valence-corrected chi connectivity index (χ1v) is 8.27. The number of alkyl halides is 1. The lowest BCUT2D eigenvalue weighted by molar-refractivity contribution is 0.129. The van der Waals surface area contributed by atoms with Crippen LogP contribution in [0.5, 0.6) is 5.75 Å². The Kier molecular flexibility index (Phi) is 6.39. The fourth-order valence-corrected chi connectivity index (χ4v) is 2.82. The van der Waals surface area contributed by atoms with Gasteiger partial charge in [-0.1, -0.05) is 25.2 Å². The first kappa shape index (κ1) is 16.2. The number of hydrogen-bond acceptors (Lipinski definition) is 1. The molecule has 0 amide bonds. The highest BCUT2D eigenvalue weighted by atomic mass is 35.5. The van der Waals surface area contributed by atoms with Crippen molar-refractivity contribution in [1.82, 2.24) is 0 Å². The van der Waals surface area contributed by atoms with Gasteiger partial charge in [0.1, 0.15) is 11.6 Å². The zero-order chi connectivity index (χ0) is 15.1. The van der Waals surface area contributed by atoms with Gasteiger partial charge in [-0.25, -0.2) is 4.39 Å². The smallest absolute Gasteiger partial charge is 0.142 e. The summed E-state index contributed by atoms with van der Waals surface area (Å²) in [5.41, 5.74) is 0.405. The molecule has 0 radical (unpaired) electrons. The second kappa shape index (κ2) is 8.29. The third-order valence-corrected chi connectivity index (χ3v) is 4.25. The summed E-state index contributed by atoms with van der Waals surface area (Å²) >= 11 is 5.55. The maximum Gasteiger partial charge on any atom is 0.142 e. The predicted octanol–water partition coefficient (Wildman–Crippen LogP) is 5.15. The molecular weight excluding hydrogens is 287 g/mol. The molecule has 3 heteroatoms. The van der Waals surface area contributed by atoms with Crippen LogP contribution in [0, 0.1) is 23.6 Å². The van der Waals surface area contributed by atoms with Crippen molar-refractivity contribution in [2.45, 2.75) is 51.6 Å². The molecule has 0 saturated heterocycles. The van der Waals surface area contributed by atoms with Crippen LogP contribution < -0.4 is 4.74 Å². The van der Waals surface area contributed by atoms with Crippen molar-refractivity contribution in [2.75, 3.05) is 5.88 Å². The summed E-state index contributed by atoms with van der Waals surface area (Å²) in [6, 6.07) is 4.93. The number of halogens is 2. The Morgan fingerprint density at radius 2 is 2.05 bits per heavy atom. The Balaban J connectivity index is 1.93. The molecule has 1 fully saturated rings. The lowest BCUT2D eigenvalue weighted by Gasteiger charge is -2.28. The van der Waals surface area contributed by atoms with Gasteiger partial charge in [0.2, 0.25) is 0 Å². The van der Waals surface area contributed by atoms with Gasteiger partial charge in [0.25, 0.3) is 0 Å². The quantitative estimate of drug-likeness (QED) is 0.552. The third kappa shape index (κ3) is 4.93. The molecule has 0 N–H and O–H groups in total. The summed E-state index contributed by atoms with van der Waals surface area (Å²) < 4.78 is 19.8. The molecule has 0 aromatic heterocycles. The molecule has 21 heavy (non-hydrogen) atoms. The molecule has 1 aliphatic carbocycles. The topological polar surface area (TPSA) is 9.23 Å². The SMILES string of the molecule is CCC1CCC(Oc2ccc(C#CCCCl)c(F)c2)CC1. The van der Waals surface area contributed by atoms with Crippen LogP contribution in [0.2, 0.25) is 0 Å². The Bertz CT molecular complexity index is 510. The van der Waals surface area contributed by atoms with Crippen molar-refractivity contribution in [3.8, 4) is 17.6 Å². The second-order valence-corrected chi connectivity index (χ2v) is 5.93. The van der Waals surface area contributed by atoms with Crippen LogP contribution in [0.4, 0.5) is 4.39 Å². The summed E-state index contributed by atoms with van der Waals surface area (Å²) in [7, 11) is 0. The van der Waals surface area contributed by atoms with E-state index < -0.39 is 0 Å². The molecule has 1 aromatic carbocycles. The molecule has 114 valence electrons. The molecule has 0 bridgehead atoms. The number of rotatable bonds is 4. The van der Waals surface area contributed by atoms with E-state index in [1.807, 2.05) is 0 Å². The third-order valence-electron chi connectivity index (χ3n) is 4.06. The molecule has 0 unspecified atom stereocenters. The van der Waals surface area contributed by atoms with Crippen molar-refractivity contribution in [1.29, 1.82) is 0 Å². The molecule has 0 aliphatic heterocycles. The standard InChI is InChI=1S/C18H22ClFO/c1-2-14-6-9-16(10-7-14)21-17-11-8-15(18(20)13-17)5-3-4-12-19/h8,11,13-14,16H,2,4,6-7,9-10,12H2,1H3. The van der Waals surface area contributed by atoms with Crippen molar-refractivity contribution in [3.05, 3.63) is 29.6 Å². The Labute approximate surface area is 131 Å². The second-order valence-electron chi connectivity index (χ2n) is 5.55. The van der Waals surface area contributed by atoms with Gasteiger partial charge < -0.3 is 4.74 Å². The van der Waals surface area contributed by atoms with Crippen LogP contribution in [0.15, 0.2) is 18.2 Å². The van der Waals surface area contributed by atoms with Crippen molar-refractivity contribution >= 4 is 11.6 Å². The van der Waals surface area contributed by atoms with Crippen LogP contribution >= 0.6 is 11.6 Å². The average molecular weight is 309 g/mol. The van der Waals surface area contributed by atoms with Crippen LogP contribution in [0.25, 0.3) is 0 Å². The molecule has 1 nitrogen and oxygen atoms in total. The summed E-state index contributed by atoms with van der Waals surface area (Å²) in [5, 5.41) is 0. The van der Waals surface area contributed by atoms with Gasteiger partial charge in [-0.15, -0.1) is 11.6 Å². The minimum atomic E-state index is -0.322.